The van der Waals surface area contributed by atoms with Crippen molar-refractivity contribution in [2.24, 2.45) is 14.1 Å². The Kier molecular flexibility index (Phi) is 5.41. The fourth-order valence-electron chi connectivity index (χ4n) is 3.28. The second-order valence-corrected chi connectivity index (χ2v) is 7.46. The number of anilines is 1. The third kappa shape index (κ3) is 3.99. The van der Waals surface area contributed by atoms with Crippen LogP contribution < -0.4 is 11.0 Å². The molecule has 0 spiro atoms. The highest BCUT2D eigenvalue weighted by molar-refractivity contribution is 6.30. The standard InChI is InChI=1S/C21H20ClN5O3/c1-26-16-11-10-15(12-17(16)27(2)21(26)29)23-18(28)4-3-5-19-24-20(25-30-19)13-6-8-14(22)9-7-13/h6-12H,3-5H2,1-2H3,(H,23,28). The smallest absolute Gasteiger partial charge is 0.328 e. The van der Waals surface area contributed by atoms with Crippen molar-refractivity contribution in [3.8, 4) is 11.4 Å². The molecule has 4 aromatic rings. The van der Waals surface area contributed by atoms with Crippen LogP contribution in [0.4, 0.5) is 5.69 Å². The topological polar surface area (TPSA) is 95.0 Å². The van der Waals surface area contributed by atoms with Crippen molar-refractivity contribution in [2.75, 3.05) is 5.32 Å². The molecule has 2 heterocycles. The number of hydrogen-bond donors (Lipinski definition) is 1. The van der Waals surface area contributed by atoms with Crippen molar-refractivity contribution in [3.05, 3.63) is 63.9 Å². The molecule has 0 saturated heterocycles. The molecule has 0 atom stereocenters. The SMILES string of the molecule is Cn1c(=O)n(C)c2cc(NC(=O)CCCc3nc(-c4ccc(Cl)cc4)no3)ccc21. The number of imidazole rings is 1. The molecule has 0 saturated carbocycles. The molecule has 1 N–H and O–H groups in total. The van der Waals surface area contributed by atoms with E-state index in [9.17, 15) is 9.59 Å². The summed E-state index contributed by atoms with van der Waals surface area (Å²) in [7, 11) is 3.43. The molecule has 0 bridgehead atoms. The molecule has 0 unspecified atom stereocenters. The molecule has 2 aromatic heterocycles. The summed E-state index contributed by atoms with van der Waals surface area (Å²) in [6.45, 7) is 0. The molecule has 9 heteroatoms. The zero-order chi connectivity index (χ0) is 21.3. The fraction of sp³-hybridized carbons (Fsp3) is 0.238. The van der Waals surface area contributed by atoms with E-state index in [2.05, 4.69) is 15.5 Å². The van der Waals surface area contributed by atoms with Gasteiger partial charge in [0.05, 0.1) is 11.0 Å². The van der Waals surface area contributed by atoms with E-state index in [1.807, 2.05) is 18.2 Å². The van der Waals surface area contributed by atoms with Gasteiger partial charge in [0.15, 0.2) is 0 Å². The Hall–Kier alpha value is -3.39. The van der Waals surface area contributed by atoms with Crippen LogP contribution in [-0.2, 0) is 25.3 Å². The fourth-order valence-corrected chi connectivity index (χ4v) is 3.41. The van der Waals surface area contributed by atoms with E-state index in [4.69, 9.17) is 16.1 Å². The second kappa shape index (κ2) is 8.16. The minimum Gasteiger partial charge on any atom is -0.339 e. The van der Waals surface area contributed by atoms with Crippen LogP contribution in [0.3, 0.4) is 0 Å². The van der Waals surface area contributed by atoms with Crippen molar-refractivity contribution in [1.82, 2.24) is 19.3 Å². The van der Waals surface area contributed by atoms with Crippen LogP contribution >= 0.6 is 11.6 Å². The number of hydrogen-bond acceptors (Lipinski definition) is 5. The second-order valence-electron chi connectivity index (χ2n) is 7.02. The van der Waals surface area contributed by atoms with E-state index < -0.39 is 0 Å². The highest BCUT2D eigenvalue weighted by Crippen LogP contribution is 2.20. The Morgan fingerprint density at radius 3 is 2.60 bits per heavy atom. The number of benzene rings is 2. The minimum absolute atomic E-state index is 0.106. The molecule has 4 rings (SSSR count). The number of fused-ring (bicyclic) bond motifs is 1. The molecule has 0 fully saturated rings. The average molecular weight is 426 g/mol. The predicted octanol–water partition coefficient (Wildman–Crippen LogP) is 3.54. The number of halogens is 1. The van der Waals surface area contributed by atoms with E-state index in [-0.39, 0.29) is 11.6 Å². The first-order chi connectivity index (χ1) is 14.4. The Bertz CT molecular complexity index is 1270. The molecule has 1 amide bonds. The lowest BCUT2D eigenvalue weighted by Crippen LogP contribution is -2.19. The Morgan fingerprint density at radius 1 is 1.10 bits per heavy atom. The van der Waals surface area contributed by atoms with Crippen LogP contribution in [0.5, 0.6) is 0 Å². The first kappa shape index (κ1) is 19.9. The van der Waals surface area contributed by atoms with Gasteiger partial charge in [0.2, 0.25) is 17.6 Å². The van der Waals surface area contributed by atoms with Crippen molar-refractivity contribution < 1.29 is 9.32 Å². The average Bonchev–Trinajstić information content (AvgIpc) is 3.28. The van der Waals surface area contributed by atoms with Crippen LogP contribution in [0.25, 0.3) is 22.4 Å². The zero-order valence-electron chi connectivity index (χ0n) is 16.6. The molecule has 0 aliphatic rings. The predicted molar refractivity (Wildman–Crippen MR) is 114 cm³/mol. The molecule has 2 aromatic carbocycles. The Labute approximate surface area is 177 Å². The molecule has 0 radical (unpaired) electrons. The van der Waals surface area contributed by atoms with Gasteiger partial charge >= 0.3 is 5.69 Å². The lowest BCUT2D eigenvalue weighted by atomic mass is 10.2. The van der Waals surface area contributed by atoms with E-state index in [1.54, 1.807) is 47.5 Å². The van der Waals surface area contributed by atoms with Gasteiger partial charge < -0.3 is 9.84 Å². The van der Waals surface area contributed by atoms with Gasteiger partial charge in [-0.15, -0.1) is 0 Å². The minimum atomic E-state index is -0.118. The van der Waals surface area contributed by atoms with Gasteiger partial charge in [0, 0.05) is 43.2 Å². The molecule has 0 aliphatic carbocycles. The molecular weight excluding hydrogens is 406 g/mol. The highest BCUT2D eigenvalue weighted by Gasteiger charge is 2.11. The Morgan fingerprint density at radius 2 is 1.83 bits per heavy atom. The summed E-state index contributed by atoms with van der Waals surface area (Å²) >= 11 is 5.89. The van der Waals surface area contributed by atoms with Gasteiger partial charge in [0.1, 0.15) is 0 Å². The van der Waals surface area contributed by atoms with Gasteiger partial charge in [-0.1, -0.05) is 16.8 Å². The summed E-state index contributed by atoms with van der Waals surface area (Å²) in [4.78, 5) is 28.7. The summed E-state index contributed by atoms with van der Waals surface area (Å²) in [6, 6.07) is 12.6. The summed E-state index contributed by atoms with van der Waals surface area (Å²) < 4.78 is 8.39. The maximum absolute atomic E-state index is 12.3. The van der Waals surface area contributed by atoms with Crippen molar-refractivity contribution in [3.63, 3.8) is 0 Å². The van der Waals surface area contributed by atoms with Crippen molar-refractivity contribution in [1.29, 1.82) is 0 Å². The number of nitrogens with one attached hydrogen (secondary N) is 1. The van der Waals surface area contributed by atoms with Gasteiger partial charge in [-0.25, -0.2) is 4.79 Å². The van der Waals surface area contributed by atoms with Gasteiger partial charge in [-0.05, 0) is 48.9 Å². The number of carbonyl (C=O) groups excluding carboxylic acids is 1. The lowest BCUT2D eigenvalue weighted by Gasteiger charge is -2.05. The lowest BCUT2D eigenvalue weighted by molar-refractivity contribution is -0.116. The summed E-state index contributed by atoms with van der Waals surface area (Å²) in [6.07, 6.45) is 1.38. The summed E-state index contributed by atoms with van der Waals surface area (Å²) in [5.41, 5.74) is 2.94. The number of aromatic nitrogens is 4. The number of amides is 1. The maximum atomic E-state index is 12.3. The zero-order valence-corrected chi connectivity index (χ0v) is 17.3. The van der Waals surface area contributed by atoms with Crippen molar-refractivity contribution in [2.45, 2.75) is 19.3 Å². The summed E-state index contributed by atoms with van der Waals surface area (Å²) in [5.74, 6) is 0.856. The highest BCUT2D eigenvalue weighted by atomic mass is 35.5. The van der Waals surface area contributed by atoms with Crippen LogP contribution in [0.15, 0.2) is 51.8 Å². The van der Waals surface area contributed by atoms with E-state index >= 15 is 0 Å². The van der Waals surface area contributed by atoms with Crippen LogP contribution in [0.1, 0.15) is 18.7 Å². The quantitative estimate of drug-likeness (QED) is 0.509. The van der Waals surface area contributed by atoms with E-state index in [1.165, 1.54) is 0 Å². The van der Waals surface area contributed by atoms with E-state index in [0.717, 1.165) is 16.6 Å². The monoisotopic (exact) mass is 425 g/mol. The molecule has 0 aliphatic heterocycles. The van der Waals surface area contributed by atoms with Gasteiger partial charge in [-0.2, -0.15) is 4.98 Å². The Balaban J connectivity index is 1.33. The number of rotatable bonds is 6. The first-order valence-corrected chi connectivity index (χ1v) is 9.84. The number of carbonyl (C=O) groups is 1. The van der Waals surface area contributed by atoms with Gasteiger partial charge in [-0.3, -0.25) is 13.9 Å². The largest absolute Gasteiger partial charge is 0.339 e. The third-order valence-electron chi connectivity index (χ3n) is 4.92. The molecule has 8 nitrogen and oxygen atoms in total. The van der Waals surface area contributed by atoms with E-state index in [0.29, 0.717) is 41.7 Å². The molecular formula is C21H20ClN5O3. The van der Waals surface area contributed by atoms with Gasteiger partial charge in [0.25, 0.3) is 0 Å². The van der Waals surface area contributed by atoms with Crippen LogP contribution in [0, 0.1) is 0 Å². The summed E-state index contributed by atoms with van der Waals surface area (Å²) in [5, 5.41) is 7.48. The maximum Gasteiger partial charge on any atom is 0.328 e. The number of aryl methyl sites for hydroxylation is 3. The number of nitrogens with zero attached hydrogens (tertiary/aromatic N) is 4. The normalized spacial score (nSPS) is 11.2. The first-order valence-electron chi connectivity index (χ1n) is 9.46. The van der Waals surface area contributed by atoms with Crippen LogP contribution in [0.2, 0.25) is 5.02 Å². The molecule has 30 heavy (non-hydrogen) atoms. The van der Waals surface area contributed by atoms with Crippen LogP contribution in [-0.4, -0.2) is 25.2 Å². The molecule has 154 valence electrons. The van der Waals surface area contributed by atoms with Crippen molar-refractivity contribution >= 4 is 34.2 Å². The third-order valence-corrected chi connectivity index (χ3v) is 5.17.